The van der Waals surface area contributed by atoms with Crippen LogP contribution in [0.5, 0.6) is 0 Å². The van der Waals surface area contributed by atoms with Crippen molar-refractivity contribution in [2.75, 3.05) is 5.73 Å². The summed E-state index contributed by atoms with van der Waals surface area (Å²) in [6.45, 7) is 3.92. The Morgan fingerprint density at radius 1 is 0.909 bits per heavy atom. The minimum Gasteiger partial charge on any atom is -0.369 e. The first-order chi connectivity index (χ1) is 15.9. The van der Waals surface area contributed by atoms with Crippen LogP contribution in [0.25, 0.3) is 28.0 Å². The lowest BCUT2D eigenvalue weighted by Gasteiger charge is -2.13. The van der Waals surface area contributed by atoms with Crippen molar-refractivity contribution in [1.82, 2.24) is 29.1 Å². The average Bonchev–Trinajstić information content (AvgIpc) is 3.10. The number of H-pyrrole nitrogens is 1. The van der Waals surface area contributed by atoms with Crippen LogP contribution in [0.15, 0.2) is 70.3 Å². The molecule has 4 aromatic heterocycles. The molecule has 0 aliphatic carbocycles. The molecule has 164 valence electrons. The van der Waals surface area contributed by atoms with E-state index in [0.717, 1.165) is 22.5 Å². The van der Waals surface area contributed by atoms with E-state index in [2.05, 4.69) is 20.1 Å². The molecule has 0 spiro atoms. The number of hydrogen-bond acceptors (Lipinski definition) is 6. The fourth-order valence-corrected chi connectivity index (χ4v) is 4.00. The van der Waals surface area contributed by atoms with Crippen LogP contribution >= 0.6 is 0 Å². The molecule has 5 aromatic rings. The van der Waals surface area contributed by atoms with Crippen molar-refractivity contribution in [1.29, 1.82) is 0 Å². The molecule has 0 bridgehead atoms. The monoisotopic (exact) mass is 439 g/mol. The summed E-state index contributed by atoms with van der Waals surface area (Å²) >= 11 is 0. The Hall–Kier alpha value is -4.53. The van der Waals surface area contributed by atoms with Crippen molar-refractivity contribution in [3.63, 3.8) is 0 Å². The van der Waals surface area contributed by atoms with E-state index in [0.29, 0.717) is 22.6 Å². The van der Waals surface area contributed by atoms with Gasteiger partial charge in [-0.05, 0) is 37.6 Å². The average molecular weight is 439 g/mol. The number of pyridine rings is 2. The highest BCUT2D eigenvalue weighted by atomic mass is 16.2. The molecule has 0 radical (unpaired) electrons. The highest BCUT2D eigenvalue weighted by Gasteiger charge is 2.22. The zero-order valence-electron chi connectivity index (χ0n) is 18.1. The van der Waals surface area contributed by atoms with Crippen LogP contribution in [0.4, 0.5) is 5.95 Å². The molecule has 33 heavy (non-hydrogen) atoms. The van der Waals surface area contributed by atoms with Gasteiger partial charge in [0.2, 0.25) is 11.5 Å². The first kappa shape index (κ1) is 20.4. The van der Waals surface area contributed by atoms with Gasteiger partial charge in [-0.3, -0.25) is 9.78 Å². The summed E-state index contributed by atoms with van der Waals surface area (Å²) in [6, 6.07) is 18.3. The van der Waals surface area contributed by atoms with Gasteiger partial charge in [0.15, 0.2) is 5.65 Å². The summed E-state index contributed by atoms with van der Waals surface area (Å²) in [4.78, 5) is 36.7. The molecule has 0 atom stereocenters. The van der Waals surface area contributed by atoms with Crippen LogP contribution in [0.3, 0.4) is 0 Å². The molecule has 0 saturated heterocycles. The smallest absolute Gasteiger partial charge is 0.353 e. The van der Waals surface area contributed by atoms with E-state index in [4.69, 9.17) is 5.73 Å². The number of aryl methyl sites for hydroxylation is 2. The number of benzene rings is 1. The summed E-state index contributed by atoms with van der Waals surface area (Å²) in [5, 5.41) is 4.62. The second kappa shape index (κ2) is 7.86. The summed E-state index contributed by atoms with van der Waals surface area (Å²) < 4.78 is 2.58. The first-order valence-corrected chi connectivity index (χ1v) is 10.4. The van der Waals surface area contributed by atoms with E-state index in [9.17, 15) is 9.59 Å². The molecule has 1 aromatic carbocycles. The second-order valence-electron chi connectivity index (χ2n) is 7.84. The van der Waals surface area contributed by atoms with Crippen LogP contribution in [-0.4, -0.2) is 29.1 Å². The third kappa shape index (κ3) is 3.69. The maximum atomic E-state index is 13.2. The zero-order valence-corrected chi connectivity index (χ0v) is 18.1. The standard InChI is InChI=1S/C24H21N7O2/c1-14-11-17(12-15(2)26-14)20-21(16-7-4-3-5-8-16)28-23(25)31-22(20)29-30(24(31)33)13-18-9-6-10-19(32)27-18/h3-12H,13H2,1-2H3,(H2,25,28)(H,27,32). The Labute approximate surface area is 188 Å². The molecule has 9 nitrogen and oxygen atoms in total. The summed E-state index contributed by atoms with van der Waals surface area (Å²) in [5.74, 6) is 0.0351. The molecule has 0 unspecified atom stereocenters. The fourth-order valence-electron chi connectivity index (χ4n) is 4.00. The normalized spacial score (nSPS) is 11.2. The Kier molecular flexibility index (Phi) is 4.86. The van der Waals surface area contributed by atoms with Gasteiger partial charge in [0, 0.05) is 28.7 Å². The van der Waals surface area contributed by atoms with Gasteiger partial charge in [-0.25, -0.2) is 18.9 Å². The number of hydrogen-bond donors (Lipinski definition) is 2. The number of nitrogens with two attached hydrogens (primary N) is 1. The minimum absolute atomic E-state index is 0.0351. The third-order valence-corrected chi connectivity index (χ3v) is 5.32. The number of rotatable bonds is 4. The van der Waals surface area contributed by atoms with E-state index in [1.807, 2.05) is 56.3 Å². The predicted molar refractivity (Wildman–Crippen MR) is 126 cm³/mol. The molecule has 0 aliphatic rings. The Balaban J connectivity index is 1.83. The van der Waals surface area contributed by atoms with Gasteiger partial charge in [0.25, 0.3) is 0 Å². The SMILES string of the molecule is Cc1cc(-c2c(-c3ccccc3)nc(N)n3c(=O)n(Cc4cccc(=O)[nH]4)nc23)cc(C)n1. The van der Waals surface area contributed by atoms with Crippen LogP contribution in [0.2, 0.25) is 0 Å². The lowest BCUT2D eigenvalue weighted by molar-refractivity contribution is 0.645. The number of aromatic amines is 1. The molecule has 0 aliphatic heterocycles. The molecule has 0 saturated carbocycles. The van der Waals surface area contributed by atoms with Crippen molar-refractivity contribution in [2.24, 2.45) is 0 Å². The number of nitrogens with zero attached hydrogens (tertiary/aromatic N) is 5. The highest BCUT2D eigenvalue weighted by molar-refractivity contribution is 5.90. The van der Waals surface area contributed by atoms with Gasteiger partial charge in [-0.1, -0.05) is 36.4 Å². The fraction of sp³-hybridized carbons (Fsp3) is 0.125. The lowest BCUT2D eigenvalue weighted by Crippen LogP contribution is -2.24. The van der Waals surface area contributed by atoms with E-state index in [-0.39, 0.29) is 18.1 Å². The zero-order chi connectivity index (χ0) is 23.1. The summed E-state index contributed by atoms with van der Waals surface area (Å²) in [7, 11) is 0. The van der Waals surface area contributed by atoms with Crippen molar-refractivity contribution in [2.45, 2.75) is 20.4 Å². The van der Waals surface area contributed by atoms with E-state index < -0.39 is 5.69 Å². The molecule has 9 heteroatoms. The van der Waals surface area contributed by atoms with Gasteiger partial charge in [-0.2, -0.15) is 0 Å². The van der Waals surface area contributed by atoms with Crippen molar-refractivity contribution >= 4 is 11.6 Å². The van der Waals surface area contributed by atoms with Crippen LogP contribution in [0, 0.1) is 13.8 Å². The number of aromatic nitrogens is 6. The highest BCUT2D eigenvalue weighted by Crippen LogP contribution is 2.34. The third-order valence-electron chi connectivity index (χ3n) is 5.32. The van der Waals surface area contributed by atoms with Crippen molar-refractivity contribution in [3.8, 4) is 22.4 Å². The molecule has 3 N–H and O–H groups in total. The largest absolute Gasteiger partial charge is 0.369 e. The Bertz CT molecular complexity index is 1590. The Morgan fingerprint density at radius 2 is 1.64 bits per heavy atom. The minimum atomic E-state index is -0.442. The molecule has 0 fully saturated rings. The number of nitrogens with one attached hydrogen (secondary N) is 1. The maximum Gasteiger partial charge on any atom is 0.353 e. The second-order valence-corrected chi connectivity index (χ2v) is 7.84. The molecule has 0 amide bonds. The van der Waals surface area contributed by atoms with Crippen molar-refractivity contribution < 1.29 is 0 Å². The maximum absolute atomic E-state index is 13.2. The van der Waals surface area contributed by atoms with Gasteiger partial charge in [-0.15, -0.1) is 5.10 Å². The Morgan fingerprint density at radius 3 is 2.33 bits per heavy atom. The summed E-state index contributed by atoms with van der Waals surface area (Å²) in [5.41, 5.74) is 11.2. The molecular weight excluding hydrogens is 418 g/mol. The van der Waals surface area contributed by atoms with Crippen LogP contribution in [-0.2, 0) is 6.54 Å². The van der Waals surface area contributed by atoms with E-state index in [1.54, 1.807) is 12.1 Å². The van der Waals surface area contributed by atoms with Gasteiger partial charge < -0.3 is 10.7 Å². The van der Waals surface area contributed by atoms with Crippen LogP contribution in [0.1, 0.15) is 17.1 Å². The van der Waals surface area contributed by atoms with E-state index >= 15 is 0 Å². The van der Waals surface area contributed by atoms with E-state index in [1.165, 1.54) is 15.1 Å². The first-order valence-electron chi connectivity index (χ1n) is 10.4. The number of fused-ring (bicyclic) bond motifs is 1. The lowest BCUT2D eigenvalue weighted by atomic mass is 9.99. The number of anilines is 1. The molecule has 5 rings (SSSR count). The summed E-state index contributed by atoms with van der Waals surface area (Å²) in [6.07, 6.45) is 0. The number of nitrogen functional groups attached to an aromatic ring is 1. The topological polar surface area (TPSA) is 124 Å². The molecule has 4 heterocycles. The molecular formula is C24H21N7O2. The predicted octanol–water partition coefficient (Wildman–Crippen LogP) is 2.56. The van der Waals surface area contributed by atoms with Gasteiger partial charge in [0.1, 0.15) is 0 Å². The van der Waals surface area contributed by atoms with Crippen molar-refractivity contribution in [3.05, 3.63) is 98.6 Å². The van der Waals surface area contributed by atoms with Gasteiger partial charge >= 0.3 is 5.69 Å². The van der Waals surface area contributed by atoms with Crippen LogP contribution < -0.4 is 17.0 Å². The van der Waals surface area contributed by atoms with Gasteiger partial charge in [0.05, 0.1) is 17.8 Å². The quantitative estimate of drug-likeness (QED) is 0.444.